The van der Waals surface area contributed by atoms with E-state index in [0.717, 1.165) is 5.56 Å². The molecule has 0 saturated carbocycles. The van der Waals surface area contributed by atoms with Gasteiger partial charge in [0.15, 0.2) is 5.78 Å². The number of aromatic hydroxyl groups is 2. The van der Waals surface area contributed by atoms with Crippen LogP contribution in [0.1, 0.15) is 31.8 Å². The highest BCUT2D eigenvalue weighted by Crippen LogP contribution is 2.45. The number of hydrogen-bond acceptors (Lipinski definition) is 6. The van der Waals surface area contributed by atoms with E-state index in [4.69, 9.17) is 0 Å². The number of carbonyl (C=O) groups is 2. The van der Waals surface area contributed by atoms with E-state index in [1.54, 1.807) is 6.07 Å². The highest BCUT2D eigenvalue weighted by atomic mass is 32.1. The third-order valence-electron chi connectivity index (χ3n) is 5.51. The first kappa shape index (κ1) is 19.9. The molecule has 5 rings (SSSR count). The van der Waals surface area contributed by atoms with Gasteiger partial charge in [0.1, 0.15) is 11.5 Å². The Kier molecular flexibility index (Phi) is 4.72. The molecule has 5 nitrogen and oxygen atoms in total. The molecule has 0 fully saturated rings. The third kappa shape index (κ3) is 3.04. The number of para-hydroxylation sites is 1. The lowest BCUT2D eigenvalue weighted by molar-refractivity contribution is 0.0975. The summed E-state index contributed by atoms with van der Waals surface area (Å²) in [6, 6.07) is 22.8. The van der Waals surface area contributed by atoms with E-state index in [0.29, 0.717) is 16.9 Å². The average molecular weight is 439 g/mol. The van der Waals surface area contributed by atoms with Crippen LogP contribution in [-0.4, -0.2) is 21.8 Å². The van der Waals surface area contributed by atoms with E-state index < -0.39 is 11.6 Å². The van der Waals surface area contributed by atoms with Crippen LogP contribution in [-0.2, 0) is 0 Å². The number of ketones is 2. The van der Waals surface area contributed by atoms with Gasteiger partial charge in [-0.3, -0.25) is 9.59 Å². The van der Waals surface area contributed by atoms with Crippen molar-refractivity contribution in [1.29, 1.82) is 0 Å². The lowest BCUT2D eigenvalue weighted by Gasteiger charge is -2.25. The van der Waals surface area contributed by atoms with Crippen LogP contribution in [0.2, 0.25) is 0 Å². The summed E-state index contributed by atoms with van der Waals surface area (Å²) in [7, 11) is 0. The van der Waals surface area contributed by atoms with Crippen molar-refractivity contribution >= 4 is 35.6 Å². The summed E-state index contributed by atoms with van der Waals surface area (Å²) in [5.74, 6) is -1.75. The molecule has 4 aromatic carbocycles. The number of anilines is 2. The molecule has 6 heteroatoms. The van der Waals surface area contributed by atoms with Crippen molar-refractivity contribution < 1.29 is 19.8 Å². The normalized spacial score (nSPS) is 12.3. The number of fused-ring (bicyclic) bond motifs is 2. The van der Waals surface area contributed by atoms with Crippen LogP contribution in [0.4, 0.5) is 11.4 Å². The predicted molar refractivity (Wildman–Crippen MR) is 125 cm³/mol. The lowest BCUT2D eigenvalue weighted by Crippen LogP contribution is -2.23. The van der Waals surface area contributed by atoms with Crippen LogP contribution in [0.25, 0.3) is 11.1 Å². The molecule has 32 heavy (non-hydrogen) atoms. The Morgan fingerprint density at radius 3 is 2.00 bits per heavy atom. The van der Waals surface area contributed by atoms with Gasteiger partial charge in [0.25, 0.3) is 0 Å². The van der Waals surface area contributed by atoms with E-state index in [1.807, 2.05) is 60.7 Å². The van der Waals surface area contributed by atoms with Gasteiger partial charge in [0, 0.05) is 16.1 Å². The Hall–Kier alpha value is -4.03. The fraction of sp³-hybridized carbons (Fsp3) is 0. The van der Waals surface area contributed by atoms with Crippen LogP contribution in [0, 0.1) is 0 Å². The lowest BCUT2D eigenvalue weighted by atomic mass is 9.79. The minimum atomic E-state index is -0.549. The van der Waals surface area contributed by atoms with Gasteiger partial charge in [-0.15, -0.1) is 12.6 Å². The maximum atomic E-state index is 13.7. The Morgan fingerprint density at radius 2 is 1.31 bits per heavy atom. The fourth-order valence-electron chi connectivity index (χ4n) is 4.06. The van der Waals surface area contributed by atoms with Crippen molar-refractivity contribution in [3.8, 4) is 22.6 Å². The van der Waals surface area contributed by atoms with Gasteiger partial charge in [-0.05, 0) is 41.5 Å². The van der Waals surface area contributed by atoms with E-state index in [2.05, 4.69) is 17.9 Å². The first-order valence-electron chi connectivity index (χ1n) is 9.89. The highest BCUT2D eigenvalue weighted by Gasteiger charge is 2.38. The van der Waals surface area contributed by atoms with Crippen molar-refractivity contribution in [3.05, 3.63) is 101 Å². The zero-order valence-electron chi connectivity index (χ0n) is 16.7. The number of thiol groups is 1. The molecule has 0 atom stereocenters. The van der Waals surface area contributed by atoms with Gasteiger partial charge in [-0.1, -0.05) is 48.5 Å². The summed E-state index contributed by atoms with van der Waals surface area (Å²) in [5, 5.41) is 24.4. The number of benzene rings is 4. The van der Waals surface area contributed by atoms with Gasteiger partial charge < -0.3 is 15.5 Å². The van der Waals surface area contributed by atoms with E-state index in [1.165, 1.54) is 12.1 Å². The van der Waals surface area contributed by atoms with E-state index in [9.17, 15) is 19.8 Å². The van der Waals surface area contributed by atoms with Crippen molar-refractivity contribution in [1.82, 2.24) is 0 Å². The van der Waals surface area contributed by atoms with Crippen molar-refractivity contribution in [2.24, 2.45) is 0 Å². The molecular weight excluding hydrogens is 422 g/mol. The average Bonchev–Trinajstić information content (AvgIpc) is 2.80. The van der Waals surface area contributed by atoms with Gasteiger partial charge >= 0.3 is 0 Å². The maximum absolute atomic E-state index is 13.7. The van der Waals surface area contributed by atoms with Gasteiger partial charge in [-0.2, -0.15) is 0 Å². The summed E-state index contributed by atoms with van der Waals surface area (Å²) < 4.78 is 0. The summed E-state index contributed by atoms with van der Waals surface area (Å²) in [6.07, 6.45) is 0. The second-order valence-corrected chi connectivity index (χ2v) is 7.92. The number of phenolic OH excluding ortho intramolecular Hbond substituents is 2. The number of carbonyl (C=O) groups excluding carboxylic acids is 2. The Labute approximate surface area is 189 Å². The van der Waals surface area contributed by atoms with Gasteiger partial charge in [0.2, 0.25) is 5.78 Å². The molecule has 0 spiro atoms. The molecule has 1 aliphatic rings. The molecule has 3 N–H and O–H groups in total. The molecular formula is C26H17NO4S. The first-order chi connectivity index (χ1) is 15.5. The molecule has 0 bridgehead atoms. The van der Waals surface area contributed by atoms with Gasteiger partial charge in [0.05, 0.1) is 22.4 Å². The zero-order valence-corrected chi connectivity index (χ0v) is 17.6. The zero-order chi connectivity index (χ0) is 22.4. The summed E-state index contributed by atoms with van der Waals surface area (Å²) in [5.41, 5.74) is 2.10. The van der Waals surface area contributed by atoms with Crippen LogP contribution < -0.4 is 5.32 Å². The molecule has 156 valence electrons. The minimum Gasteiger partial charge on any atom is -0.507 e. The molecule has 0 heterocycles. The number of nitrogens with one attached hydrogen (secondary N) is 1. The van der Waals surface area contributed by atoms with Crippen LogP contribution in [0.3, 0.4) is 0 Å². The number of rotatable bonds is 3. The molecule has 0 aliphatic heterocycles. The molecule has 0 amide bonds. The molecule has 1 aliphatic carbocycles. The summed E-state index contributed by atoms with van der Waals surface area (Å²) >= 11 is 4.32. The number of hydrogen-bond donors (Lipinski definition) is 4. The number of phenols is 2. The molecule has 0 aromatic heterocycles. The quantitative estimate of drug-likeness (QED) is 0.218. The van der Waals surface area contributed by atoms with Crippen LogP contribution in [0.15, 0.2) is 83.8 Å². The Bertz CT molecular complexity index is 1400. The smallest absolute Gasteiger partial charge is 0.200 e. The first-order valence-corrected chi connectivity index (χ1v) is 10.3. The molecule has 0 radical (unpaired) electrons. The molecule has 4 aromatic rings. The highest BCUT2D eigenvalue weighted by molar-refractivity contribution is 7.80. The Morgan fingerprint density at radius 1 is 0.688 bits per heavy atom. The van der Waals surface area contributed by atoms with Crippen molar-refractivity contribution in [2.75, 3.05) is 5.32 Å². The van der Waals surface area contributed by atoms with Gasteiger partial charge in [-0.25, -0.2) is 0 Å². The molecule has 0 unspecified atom stereocenters. The predicted octanol–water partition coefficient (Wildman–Crippen LogP) is 5.57. The van der Waals surface area contributed by atoms with Crippen molar-refractivity contribution in [2.45, 2.75) is 4.90 Å². The molecule has 0 saturated heterocycles. The maximum Gasteiger partial charge on any atom is 0.200 e. The van der Waals surface area contributed by atoms with E-state index in [-0.39, 0.29) is 38.6 Å². The van der Waals surface area contributed by atoms with Crippen LogP contribution in [0.5, 0.6) is 11.5 Å². The van der Waals surface area contributed by atoms with Crippen molar-refractivity contribution in [3.63, 3.8) is 0 Å². The SMILES string of the molecule is O=C1c2c(O)ccc(-c3ccccc3)c2C(=O)c2c(O)c(S)cc(Nc3ccccc3)c21. The van der Waals surface area contributed by atoms with E-state index >= 15 is 0 Å². The standard InChI is InChI=1S/C26H17NO4S/c28-18-12-11-16(14-7-3-1-4-8-14)20-22(18)26(31)21-17(27-15-9-5-2-6-10-15)13-19(32)24(29)23(21)25(20)30/h1-13,27-29,32H. The summed E-state index contributed by atoms with van der Waals surface area (Å²) in [6.45, 7) is 0. The third-order valence-corrected chi connectivity index (χ3v) is 5.85. The topological polar surface area (TPSA) is 86.6 Å². The fourth-order valence-corrected chi connectivity index (χ4v) is 4.30. The monoisotopic (exact) mass is 439 g/mol. The summed E-state index contributed by atoms with van der Waals surface area (Å²) in [4.78, 5) is 27.5. The van der Waals surface area contributed by atoms with Crippen LogP contribution >= 0.6 is 12.6 Å². The largest absolute Gasteiger partial charge is 0.507 e. The second kappa shape index (κ2) is 7.59. The minimum absolute atomic E-state index is 0.00200. The second-order valence-electron chi connectivity index (χ2n) is 7.44. The Balaban J connectivity index is 1.78.